The number of methoxy groups -OCH3 is 1. The fourth-order valence-electron chi connectivity index (χ4n) is 7.98. The molecule has 0 radical (unpaired) electrons. The van der Waals surface area contributed by atoms with Gasteiger partial charge in [0.25, 0.3) is 0 Å². The molecule has 220 valence electrons. The van der Waals surface area contributed by atoms with Gasteiger partial charge in [0.2, 0.25) is 5.91 Å². The molecule has 0 atom stereocenters. The molecule has 6 aliphatic rings. The first-order valence-corrected chi connectivity index (χ1v) is 14.5. The van der Waals surface area contributed by atoms with E-state index in [2.05, 4.69) is 15.0 Å². The minimum absolute atomic E-state index is 0.00801. The number of carbonyl (C=O) groups excluding carboxylic acids is 1. The third-order valence-corrected chi connectivity index (χ3v) is 10.5. The molecule has 0 unspecified atom stereocenters. The number of aromatic nitrogens is 3. The second-order valence-electron chi connectivity index (χ2n) is 13.1. The van der Waals surface area contributed by atoms with E-state index >= 15 is 0 Å². The number of pyridine rings is 1. The largest absolute Gasteiger partial charge is 0.467 e. The molecule has 2 aromatic heterocycles. The Bertz CT molecular complexity index is 1480. The third kappa shape index (κ3) is 4.36. The van der Waals surface area contributed by atoms with Crippen molar-refractivity contribution in [1.82, 2.24) is 15.0 Å². The topological polar surface area (TPSA) is 68.2 Å². The molecule has 4 bridgehead atoms. The van der Waals surface area contributed by atoms with Crippen LogP contribution in [-0.4, -0.2) is 40.2 Å². The molecule has 0 aliphatic heterocycles. The van der Waals surface area contributed by atoms with Crippen LogP contribution in [0.25, 0.3) is 11.1 Å². The maximum Gasteiger partial charge on any atom is 0.417 e. The van der Waals surface area contributed by atoms with Crippen molar-refractivity contribution in [2.75, 3.05) is 18.6 Å². The van der Waals surface area contributed by atoms with Gasteiger partial charge in [0.05, 0.1) is 18.1 Å². The Labute approximate surface area is 241 Å². The maximum absolute atomic E-state index is 14.5. The number of halogens is 4. The van der Waals surface area contributed by atoms with E-state index in [-0.39, 0.29) is 42.0 Å². The molecule has 9 rings (SSSR count). The van der Waals surface area contributed by atoms with Gasteiger partial charge in [-0.25, -0.2) is 14.4 Å². The predicted molar refractivity (Wildman–Crippen MR) is 148 cm³/mol. The minimum atomic E-state index is -4.41. The summed E-state index contributed by atoms with van der Waals surface area (Å²) in [6, 6.07) is 10.7. The number of alkyl halides is 4. The van der Waals surface area contributed by atoms with Crippen molar-refractivity contribution in [2.45, 2.75) is 75.0 Å². The van der Waals surface area contributed by atoms with Gasteiger partial charge in [0.1, 0.15) is 5.67 Å². The summed E-state index contributed by atoms with van der Waals surface area (Å²) in [5.41, 5.74) is 0.270. The van der Waals surface area contributed by atoms with Gasteiger partial charge in [-0.3, -0.25) is 9.78 Å². The van der Waals surface area contributed by atoms with E-state index in [1.165, 1.54) is 7.11 Å². The number of rotatable bonds is 7. The molecule has 1 aromatic carbocycles. The smallest absolute Gasteiger partial charge is 0.417 e. The molecule has 10 heteroatoms. The van der Waals surface area contributed by atoms with Crippen LogP contribution in [0, 0.1) is 10.8 Å². The average Bonchev–Trinajstić information content (AvgIpc) is 2.98. The van der Waals surface area contributed by atoms with Crippen molar-refractivity contribution in [3.8, 4) is 17.1 Å². The number of hydrogen-bond acceptors (Lipinski definition) is 5. The van der Waals surface area contributed by atoms with Gasteiger partial charge in [-0.2, -0.15) is 13.2 Å². The maximum atomic E-state index is 14.5. The fraction of sp³-hybridized carbons (Fsp3) is 0.500. The number of nitrogens with zero attached hydrogens (tertiary/aromatic N) is 4. The highest BCUT2D eigenvalue weighted by Crippen LogP contribution is 2.70. The molecular formula is C32H32F4N4O2. The molecule has 3 aromatic rings. The van der Waals surface area contributed by atoms with Gasteiger partial charge < -0.3 is 9.64 Å². The van der Waals surface area contributed by atoms with Crippen LogP contribution < -0.4 is 9.64 Å². The van der Waals surface area contributed by atoms with E-state index in [1.54, 1.807) is 18.5 Å². The monoisotopic (exact) mass is 580 g/mol. The molecule has 42 heavy (non-hydrogen) atoms. The van der Waals surface area contributed by atoms with Crippen molar-refractivity contribution in [1.29, 1.82) is 0 Å². The van der Waals surface area contributed by atoms with E-state index in [0.29, 0.717) is 6.54 Å². The molecule has 2 heterocycles. The SMILES string of the molecule is COc1ncc(-c2cccc(N(CC34CCC(c5ccc(C(F)(F)F)cn5)(CC3)CC4)C(=O)C34CC(F)(C3)C4)c2)cn1. The summed E-state index contributed by atoms with van der Waals surface area (Å²) in [7, 11) is 1.51. The van der Waals surface area contributed by atoms with Gasteiger partial charge in [0.15, 0.2) is 0 Å². The van der Waals surface area contributed by atoms with Crippen LogP contribution in [0.15, 0.2) is 55.0 Å². The first-order valence-electron chi connectivity index (χ1n) is 14.5. The summed E-state index contributed by atoms with van der Waals surface area (Å²) in [5, 5.41) is 0. The second kappa shape index (κ2) is 9.22. The summed E-state index contributed by atoms with van der Waals surface area (Å²) in [6.45, 7) is 0.534. The fourth-order valence-corrected chi connectivity index (χ4v) is 7.98. The summed E-state index contributed by atoms with van der Waals surface area (Å²) in [4.78, 5) is 28.7. The molecule has 1 amide bonds. The summed E-state index contributed by atoms with van der Waals surface area (Å²) in [5.74, 6) is -0.00801. The zero-order chi connectivity index (χ0) is 29.4. The summed E-state index contributed by atoms with van der Waals surface area (Å²) < 4.78 is 58.9. The Morgan fingerprint density at radius 3 is 2.12 bits per heavy atom. The van der Waals surface area contributed by atoms with Crippen LogP contribution in [0.2, 0.25) is 0 Å². The lowest BCUT2D eigenvalue weighted by Crippen LogP contribution is -2.71. The van der Waals surface area contributed by atoms with Crippen LogP contribution in [-0.2, 0) is 16.4 Å². The Morgan fingerprint density at radius 1 is 0.905 bits per heavy atom. The molecule has 6 fully saturated rings. The number of benzene rings is 1. The Kier molecular flexibility index (Phi) is 5.99. The van der Waals surface area contributed by atoms with E-state index in [4.69, 9.17) is 4.74 Å². The number of carbonyl (C=O) groups is 1. The highest BCUT2D eigenvalue weighted by molar-refractivity contribution is 6.00. The van der Waals surface area contributed by atoms with Gasteiger partial charge in [0, 0.05) is 47.5 Å². The van der Waals surface area contributed by atoms with Crippen LogP contribution in [0.5, 0.6) is 6.01 Å². The van der Waals surface area contributed by atoms with Crippen LogP contribution >= 0.6 is 0 Å². The predicted octanol–water partition coefficient (Wildman–Crippen LogP) is 7.08. The van der Waals surface area contributed by atoms with Crippen molar-refractivity contribution in [3.63, 3.8) is 0 Å². The standard InChI is InChI=1S/C32H32F4N4O2/c1-42-27-38-14-22(15-39-27)21-3-2-4-24(13-21)40(26(41)30-17-31(33,18-30)19-30)20-28-7-10-29(11-8-28,12-9-28)25-6-5-23(16-37-25)32(34,35)36/h2-6,13-16H,7-12,17-20H2,1H3. The van der Waals surface area contributed by atoms with E-state index in [1.807, 2.05) is 29.2 Å². The first kappa shape index (κ1) is 27.3. The molecule has 0 spiro atoms. The molecule has 6 nitrogen and oxygen atoms in total. The lowest BCUT2D eigenvalue weighted by molar-refractivity contribution is -0.211. The molecular weight excluding hydrogens is 548 g/mol. The highest BCUT2D eigenvalue weighted by Gasteiger charge is 2.73. The van der Waals surface area contributed by atoms with Crippen molar-refractivity contribution in [3.05, 3.63) is 66.2 Å². The van der Waals surface area contributed by atoms with Crippen LogP contribution in [0.4, 0.5) is 23.2 Å². The molecule has 0 saturated heterocycles. The lowest BCUT2D eigenvalue weighted by atomic mass is 9.41. The number of anilines is 1. The van der Waals surface area contributed by atoms with Gasteiger partial charge in [-0.15, -0.1) is 0 Å². The third-order valence-electron chi connectivity index (χ3n) is 10.5. The zero-order valence-electron chi connectivity index (χ0n) is 23.4. The quantitative estimate of drug-likeness (QED) is 0.279. The minimum Gasteiger partial charge on any atom is -0.467 e. The van der Waals surface area contributed by atoms with E-state index in [9.17, 15) is 22.4 Å². The van der Waals surface area contributed by atoms with Gasteiger partial charge >= 0.3 is 12.2 Å². The number of hydrogen-bond donors (Lipinski definition) is 0. The number of fused-ring (bicyclic) bond motifs is 3. The zero-order valence-corrected chi connectivity index (χ0v) is 23.4. The van der Waals surface area contributed by atoms with Crippen molar-refractivity contribution >= 4 is 11.6 Å². The van der Waals surface area contributed by atoms with E-state index < -0.39 is 22.8 Å². The van der Waals surface area contributed by atoms with Crippen LogP contribution in [0.1, 0.15) is 69.0 Å². The van der Waals surface area contributed by atoms with Crippen LogP contribution in [0.3, 0.4) is 0 Å². The summed E-state index contributed by atoms with van der Waals surface area (Å²) >= 11 is 0. The first-order chi connectivity index (χ1) is 20.0. The normalized spacial score (nSPS) is 31.2. The number of amides is 1. The number of ether oxygens (including phenoxy) is 1. The molecule has 6 saturated carbocycles. The second-order valence-corrected chi connectivity index (χ2v) is 13.1. The van der Waals surface area contributed by atoms with Gasteiger partial charge in [-0.1, -0.05) is 12.1 Å². The summed E-state index contributed by atoms with van der Waals surface area (Å²) in [6.07, 6.45) is 5.77. The highest BCUT2D eigenvalue weighted by atomic mass is 19.4. The van der Waals surface area contributed by atoms with Crippen molar-refractivity contribution in [2.24, 2.45) is 10.8 Å². The Hall–Kier alpha value is -3.56. The van der Waals surface area contributed by atoms with Gasteiger partial charge in [-0.05, 0) is 93.0 Å². The molecule has 0 N–H and O–H groups in total. The average molecular weight is 581 g/mol. The lowest BCUT2D eigenvalue weighted by Gasteiger charge is -2.65. The van der Waals surface area contributed by atoms with E-state index in [0.717, 1.165) is 73.3 Å². The molecule has 6 aliphatic carbocycles. The van der Waals surface area contributed by atoms with Crippen molar-refractivity contribution < 1.29 is 27.1 Å². The Balaban J connectivity index is 1.15. The Morgan fingerprint density at radius 2 is 1.57 bits per heavy atom.